The van der Waals surface area contributed by atoms with Gasteiger partial charge in [0.1, 0.15) is 0 Å². The Morgan fingerprint density at radius 3 is 2.35 bits per heavy atom. The van der Waals surface area contributed by atoms with Gasteiger partial charge in [0.15, 0.2) is 0 Å². The molecule has 0 aliphatic heterocycles. The third-order valence-corrected chi connectivity index (χ3v) is 3.59. The standard InChI is InChI=1S/C18H14ClN/c1-13-7-9-15(10-8-13)20-12-14-11-18(19)17-6-4-2-3-5-16(14)17/h2-12H,1H3. The lowest BCUT2D eigenvalue weighted by Crippen LogP contribution is -1.79. The average Bonchev–Trinajstić information content (AvgIpc) is 2.65. The summed E-state index contributed by atoms with van der Waals surface area (Å²) < 4.78 is 0. The number of rotatable bonds is 2. The van der Waals surface area contributed by atoms with Gasteiger partial charge in [0.25, 0.3) is 0 Å². The summed E-state index contributed by atoms with van der Waals surface area (Å²) in [7, 11) is 0. The fourth-order valence-electron chi connectivity index (χ4n) is 2.18. The van der Waals surface area contributed by atoms with Crippen molar-refractivity contribution in [3.8, 4) is 11.1 Å². The molecule has 0 atom stereocenters. The van der Waals surface area contributed by atoms with Crippen LogP contribution in [0.1, 0.15) is 11.1 Å². The first-order valence-corrected chi connectivity index (χ1v) is 6.90. The molecule has 0 saturated heterocycles. The van der Waals surface area contributed by atoms with Crippen LogP contribution >= 0.6 is 11.6 Å². The molecule has 1 aromatic rings. The Labute approximate surface area is 123 Å². The van der Waals surface area contributed by atoms with Crippen molar-refractivity contribution in [3.05, 3.63) is 76.8 Å². The van der Waals surface area contributed by atoms with Gasteiger partial charge in [0.2, 0.25) is 0 Å². The number of benzene rings is 1. The van der Waals surface area contributed by atoms with Crippen molar-refractivity contribution in [2.75, 3.05) is 0 Å². The molecule has 0 aromatic heterocycles. The number of hydrogen-bond donors (Lipinski definition) is 0. The quantitative estimate of drug-likeness (QED) is 0.549. The first kappa shape index (κ1) is 12.9. The lowest BCUT2D eigenvalue weighted by Gasteiger charge is -1.96. The molecule has 2 aliphatic rings. The molecule has 2 aliphatic carbocycles. The van der Waals surface area contributed by atoms with Crippen molar-refractivity contribution in [1.82, 2.24) is 0 Å². The van der Waals surface area contributed by atoms with E-state index in [-0.39, 0.29) is 0 Å². The minimum absolute atomic E-state index is 0.765. The summed E-state index contributed by atoms with van der Waals surface area (Å²) in [5.74, 6) is 0. The average molecular weight is 280 g/mol. The molecule has 98 valence electrons. The zero-order valence-electron chi connectivity index (χ0n) is 11.2. The molecule has 0 amide bonds. The first-order chi connectivity index (χ1) is 9.74. The lowest BCUT2D eigenvalue weighted by molar-refractivity contribution is 1.44. The Balaban J connectivity index is 1.98. The molecule has 0 heterocycles. The van der Waals surface area contributed by atoms with Crippen molar-refractivity contribution in [2.45, 2.75) is 6.92 Å². The van der Waals surface area contributed by atoms with Crippen LogP contribution in [0.15, 0.2) is 65.7 Å². The van der Waals surface area contributed by atoms with Gasteiger partial charge in [-0.05, 0) is 30.7 Å². The number of hydrogen-bond acceptors (Lipinski definition) is 1. The van der Waals surface area contributed by atoms with E-state index >= 15 is 0 Å². The highest BCUT2D eigenvalue weighted by atomic mass is 35.5. The number of halogens is 1. The summed E-state index contributed by atoms with van der Waals surface area (Å²) >= 11 is 6.28. The fourth-order valence-corrected chi connectivity index (χ4v) is 2.46. The van der Waals surface area contributed by atoms with E-state index in [0.717, 1.165) is 27.4 Å². The van der Waals surface area contributed by atoms with Crippen molar-refractivity contribution in [1.29, 1.82) is 0 Å². The molecule has 0 saturated carbocycles. The minimum atomic E-state index is 0.765. The van der Waals surface area contributed by atoms with Crippen molar-refractivity contribution >= 4 is 23.5 Å². The zero-order chi connectivity index (χ0) is 13.9. The second-order valence-corrected chi connectivity index (χ2v) is 5.19. The lowest BCUT2D eigenvalue weighted by atomic mass is 10.1. The molecule has 0 spiro atoms. The van der Waals surface area contributed by atoms with E-state index in [4.69, 9.17) is 11.6 Å². The second kappa shape index (κ2) is 5.48. The van der Waals surface area contributed by atoms with Crippen LogP contribution in [0, 0.1) is 6.92 Å². The highest BCUT2D eigenvalue weighted by molar-refractivity contribution is 6.34. The number of fused-ring (bicyclic) bond motifs is 1. The fraction of sp³-hybridized carbons (Fsp3) is 0.0556. The van der Waals surface area contributed by atoms with E-state index in [1.807, 2.05) is 48.7 Å². The Morgan fingerprint density at radius 2 is 1.60 bits per heavy atom. The van der Waals surface area contributed by atoms with Gasteiger partial charge in [-0.3, -0.25) is 4.99 Å². The molecule has 0 N–H and O–H groups in total. The van der Waals surface area contributed by atoms with Crippen LogP contribution in [0.4, 0.5) is 5.69 Å². The number of nitrogens with zero attached hydrogens (tertiary/aromatic N) is 1. The van der Waals surface area contributed by atoms with Crippen molar-refractivity contribution in [3.63, 3.8) is 0 Å². The van der Waals surface area contributed by atoms with Crippen LogP contribution in [0.2, 0.25) is 5.02 Å². The van der Waals surface area contributed by atoms with E-state index in [2.05, 4.69) is 30.1 Å². The summed E-state index contributed by atoms with van der Waals surface area (Å²) in [5, 5.41) is 0.765. The van der Waals surface area contributed by atoms with Crippen LogP contribution in [-0.4, -0.2) is 6.21 Å². The molecule has 0 unspecified atom stereocenters. The van der Waals surface area contributed by atoms with Gasteiger partial charge in [-0.1, -0.05) is 59.6 Å². The van der Waals surface area contributed by atoms with Crippen LogP contribution in [-0.2, 0) is 0 Å². The Bertz CT molecular complexity index is 729. The summed E-state index contributed by atoms with van der Waals surface area (Å²) in [6, 6.07) is 20.2. The van der Waals surface area contributed by atoms with Crippen LogP contribution in [0.25, 0.3) is 11.1 Å². The summed E-state index contributed by atoms with van der Waals surface area (Å²) in [6.07, 6.45) is 1.87. The molecule has 0 radical (unpaired) electrons. The molecule has 2 heteroatoms. The Kier molecular flexibility index (Phi) is 3.53. The van der Waals surface area contributed by atoms with Crippen molar-refractivity contribution in [2.24, 2.45) is 4.99 Å². The smallest absolute Gasteiger partial charge is 0.0630 e. The van der Waals surface area contributed by atoms with Gasteiger partial charge in [0, 0.05) is 22.4 Å². The van der Waals surface area contributed by atoms with Crippen LogP contribution < -0.4 is 0 Å². The van der Waals surface area contributed by atoms with Gasteiger partial charge < -0.3 is 0 Å². The number of aliphatic imine (C=N–C) groups is 1. The van der Waals surface area contributed by atoms with Crippen molar-refractivity contribution < 1.29 is 0 Å². The predicted molar refractivity (Wildman–Crippen MR) is 86.5 cm³/mol. The molecule has 1 nitrogen and oxygen atoms in total. The van der Waals surface area contributed by atoms with Gasteiger partial charge in [0.05, 0.1) is 5.69 Å². The third-order valence-electron chi connectivity index (χ3n) is 3.28. The normalized spacial score (nSPS) is 11.3. The summed E-state index contributed by atoms with van der Waals surface area (Å²) in [4.78, 5) is 4.52. The molecular formula is C18H14ClN. The predicted octanol–water partition coefficient (Wildman–Crippen LogP) is 5.50. The highest BCUT2D eigenvalue weighted by Gasteiger charge is 2.11. The monoisotopic (exact) mass is 279 g/mol. The maximum absolute atomic E-state index is 6.28. The number of aryl methyl sites for hydroxylation is 1. The van der Waals surface area contributed by atoms with Gasteiger partial charge in [-0.25, -0.2) is 0 Å². The third kappa shape index (κ3) is 2.59. The molecule has 0 fully saturated rings. The molecule has 20 heavy (non-hydrogen) atoms. The topological polar surface area (TPSA) is 12.4 Å². The second-order valence-electron chi connectivity index (χ2n) is 4.78. The maximum Gasteiger partial charge on any atom is 0.0630 e. The highest BCUT2D eigenvalue weighted by Crippen LogP contribution is 2.34. The molecule has 0 bridgehead atoms. The summed E-state index contributed by atoms with van der Waals surface area (Å²) in [6.45, 7) is 2.07. The van der Waals surface area contributed by atoms with E-state index in [9.17, 15) is 0 Å². The van der Waals surface area contributed by atoms with Crippen LogP contribution in [0.5, 0.6) is 0 Å². The molecular weight excluding hydrogens is 266 g/mol. The van der Waals surface area contributed by atoms with Gasteiger partial charge in [-0.15, -0.1) is 0 Å². The SMILES string of the molecule is Cc1ccc(N=Cc2cc(Cl)c3cccccc2-3)cc1. The van der Waals surface area contributed by atoms with E-state index < -0.39 is 0 Å². The largest absolute Gasteiger partial charge is 0.256 e. The van der Waals surface area contributed by atoms with E-state index in [1.54, 1.807) is 0 Å². The van der Waals surface area contributed by atoms with Crippen LogP contribution in [0.3, 0.4) is 0 Å². The molecule has 3 rings (SSSR count). The molecule has 1 aromatic carbocycles. The Morgan fingerprint density at radius 1 is 0.900 bits per heavy atom. The first-order valence-electron chi connectivity index (χ1n) is 6.52. The van der Waals surface area contributed by atoms with E-state index in [1.165, 1.54) is 5.56 Å². The summed E-state index contributed by atoms with van der Waals surface area (Å²) in [5.41, 5.74) is 5.40. The minimum Gasteiger partial charge on any atom is -0.256 e. The van der Waals surface area contributed by atoms with E-state index in [0.29, 0.717) is 0 Å². The Hall–Kier alpha value is -2.12. The van der Waals surface area contributed by atoms with Gasteiger partial charge >= 0.3 is 0 Å². The zero-order valence-corrected chi connectivity index (χ0v) is 11.9. The maximum atomic E-state index is 6.28. The van der Waals surface area contributed by atoms with Gasteiger partial charge in [-0.2, -0.15) is 0 Å².